The fraction of sp³-hybridized carbons (Fsp3) is 1.00. The van der Waals surface area contributed by atoms with Crippen LogP contribution in [0, 0.1) is 5.92 Å². The summed E-state index contributed by atoms with van der Waals surface area (Å²) in [5.74, 6) is 0.475. The van der Waals surface area contributed by atoms with Gasteiger partial charge in [-0.2, -0.15) is 0 Å². The number of aliphatic hydroxyl groups is 1. The first-order chi connectivity index (χ1) is 5.97. The summed E-state index contributed by atoms with van der Waals surface area (Å²) >= 11 is 0. The van der Waals surface area contributed by atoms with Gasteiger partial charge in [-0.05, 0) is 19.3 Å². The van der Waals surface area contributed by atoms with Crippen molar-refractivity contribution in [2.75, 3.05) is 14.2 Å². The van der Waals surface area contributed by atoms with Gasteiger partial charge in [0.25, 0.3) is 0 Å². The molecule has 3 heteroatoms. The van der Waals surface area contributed by atoms with Gasteiger partial charge in [-0.15, -0.1) is 0 Å². The molecule has 0 fully saturated rings. The maximum Gasteiger partial charge on any atom is 0.185 e. The minimum atomic E-state index is -0.904. The second-order valence-corrected chi connectivity index (χ2v) is 3.88. The molecule has 0 saturated heterocycles. The Kier molecular flexibility index (Phi) is 5.53. The highest BCUT2D eigenvalue weighted by Gasteiger charge is 2.33. The molecular weight excluding hydrogens is 168 g/mol. The van der Waals surface area contributed by atoms with Crippen molar-refractivity contribution in [3.63, 3.8) is 0 Å². The fourth-order valence-corrected chi connectivity index (χ4v) is 1.55. The molecule has 0 radical (unpaired) electrons. The molecule has 2 atom stereocenters. The minimum Gasteiger partial charge on any atom is -0.385 e. The highest BCUT2D eigenvalue weighted by Crippen LogP contribution is 2.24. The van der Waals surface area contributed by atoms with Gasteiger partial charge in [0.2, 0.25) is 0 Å². The van der Waals surface area contributed by atoms with Crippen LogP contribution in [0.3, 0.4) is 0 Å². The molecule has 0 bridgehead atoms. The molecular formula is C10H22O3. The smallest absolute Gasteiger partial charge is 0.185 e. The van der Waals surface area contributed by atoms with Crippen LogP contribution in [0.15, 0.2) is 0 Å². The SMILES string of the molecule is CCC(C)CC(C)(O)C(OC)OC. The van der Waals surface area contributed by atoms with E-state index in [0.717, 1.165) is 6.42 Å². The van der Waals surface area contributed by atoms with Gasteiger partial charge in [-0.25, -0.2) is 0 Å². The molecule has 80 valence electrons. The van der Waals surface area contributed by atoms with Crippen molar-refractivity contribution >= 4 is 0 Å². The Morgan fingerprint density at radius 2 is 1.77 bits per heavy atom. The van der Waals surface area contributed by atoms with Crippen molar-refractivity contribution in [1.29, 1.82) is 0 Å². The van der Waals surface area contributed by atoms with Gasteiger partial charge in [0.1, 0.15) is 5.60 Å². The standard InChI is InChI=1S/C10H22O3/c1-6-8(2)7-10(3,11)9(12-4)13-5/h8-9,11H,6-7H2,1-5H3. The zero-order valence-electron chi connectivity index (χ0n) is 9.33. The van der Waals surface area contributed by atoms with E-state index >= 15 is 0 Å². The molecule has 0 aromatic carbocycles. The van der Waals surface area contributed by atoms with Crippen LogP contribution in [0.2, 0.25) is 0 Å². The zero-order valence-corrected chi connectivity index (χ0v) is 9.33. The van der Waals surface area contributed by atoms with Crippen molar-refractivity contribution in [3.8, 4) is 0 Å². The normalized spacial score (nSPS) is 18.7. The Bertz CT molecular complexity index is 130. The van der Waals surface area contributed by atoms with Crippen LogP contribution in [0.5, 0.6) is 0 Å². The second-order valence-electron chi connectivity index (χ2n) is 3.88. The van der Waals surface area contributed by atoms with Crippen LogP contribution >= 0.6 is 0 Å². The number of rotatable bonds is 6. The van der Waals surface area contributed by atoms with E-state index in [0.29, 0.717) is 12.3 Å². The Morgan fingerprint density at radius 3 is 2.08 bits per heavy atom. The first-order valence-electron chi connectivity index (χ1n) is 4.75. The Morgan fingerprint density at radius 1 is 1.31 bits per heavy atom. The van der Waals surface area contributed by atoms with Crippen LogP contribution in [-0.4, -0.2) is 31.2 Å². The molecule has 2 unspecified atom stereocenters. The predicted octanol–water partition coefficient (Wildman–Crippen LogP) is 1.79. The van der Waals surface area contributed by atoms with Crippen molar-refractivity contribution < 1.29 is 14.6 Å². The van der Waals surface area contributed by atoms with Crippen molar-refractivity contribution in [2.24, 2.45) is 5.92 Å². The minimum absolute atomic E-state index is 0.475. The molecule has 0 aliphatic carbocycles. The van der Waals surface area contributed by atoms with Gasteiger partial charge in [0.15, 0.2) is 6.29 Å². The summed E-state index contributed by atoms with van der Waals surface area (Å²) in [5.41, 5.74) is -0.904. The first kappa shape index (κ1) is 12.9. The lowest BCUT2D eigenvalue weighted by Gasteiger charge is -2.32. The molecule has 0 spiro atoms. The maximum atomic E-state index is 10.0. The van der Waals surface area contributed by atoms with Gasteiger partial charge in [0, 0.05) is 14.2 Å². The first-order valence-corrected chi connectivity index (χ1v) is 4.75. The molecule has 0 rings (SSSR count). The van der Waals surface area contributed by atoms with Gasteiger partial charge in [-0.3, -0.25) is 0 Å². The predicted molar refractivity (Wildman–Crippen MR) is 52.5 cm³/mol. The average molecular weight is 190 g/mol. The lowest BCUT2D eigenvalue weighted by atomic mass is 9.91. The van der Waals surface area contributed by atoms with Gasteiger partial charge < -0.3 is 14.6 Å². The van der Waals surface area contributed by atoms with Crippen LogP contribution in [0.1, 0.15) is 33.6 Å². The molecule has 1 N–H and O–H groups in total. The second kappa shape index (κ2) is 5.58. The van der Waals surface area contributed by atoms with Crippen LogP contribution < -0.4 is 0 Å². The summed E-state index contributed by atoms with van der Waals surface area (Å²) in [6.07, 6.45) is 1.20. The fourth-order valence-electron chi connectivity index (χ4n) is 1.55. The monoisotopic (exact) mass is 190 g/mol. The molecule has 0 aromatic rings. The van der Waals surface area contributed by atoms with Crippen LogP contribution in [-0.2, 0) is 9.47 Å². The third-order valence-electron chi connectivity index (χ3n) is 2.39. The number of hydrogen-bond acceptors (Lipinski definition) is 3. The molecule has 0 saturated carbocycles. The summed E-state index contributed by atoms with van der Waals surface area (Å²) in [4.78, 5) is 0. The van der Waals surface area contributed by atoms with E-state index in [1.165, 1.54) is 0 Å². The van der Waals surface area contributed by atoms with Crippen LogP contribution in [0.4, 0.5) is 0 Å². The van der Waals surface area contributed by atoms with Crippen molar-refractivity contribution in [3.05, 3.63) is 0 Å². The zero-order chi connectivity index (χ0) is 10.5. The van der Waals surface area contributed by atoms with E-state index in [-0.39, 0.29) is 0 Å². The van der Waals surface area contributed by atoms with E-state index in [1.54, 1.807) is 21.1 Å². The third-order valence-corrected chi connectivity index (χ3v) is 2.39. The molecule has 0 aliphatic rings. The van der Waals surface area contributed by atoms with Crippen molar-refractivity contribution in [2.45, 2.75) is 45.5 Å². The molecule has 13 heavy (non-hydrogen) atoms. The van der Waals surface area contributed by atoms with E-state index in [9.17, 15) is 5.11 Å². The molecule has 0 aliphatic heterocycles. The van der Waals surface area contributed by atoms with E-state index in [2.05, 4.69) is 13.8 Å². The third kappa shape index (κ3) is 4.07. The van der Waals surface area contributed by atoms with Crippen molar-refractivity contribution in [1.82, 2.24) is 0 Å². The van der Waals surface area contributed by atoms with E-state index < -0.39 is 11.9 Å². The lowest BCUT2D eigenvalue weighted by Crippen LogP contribution is -2.43. The maximum absolute atomic E-state index is 10.0. The van der Waals surface area contributed by atoms with Crippen LogP contribution in [0.25, 0.3) is 0 Å². The average Bonchev–Trinajstić information content (AvgIpc) is 2.05. The Labute approximate surface area is 81.0 Å². The van der Waals surface area contributed by atoms with E-state index in [1.807, 2.05) is 0 Å². The largest absolute Gasteiger partial charge is 0.385 e. The summed E-state index contributed by atoms with van der Waals surface area (Å²) in [6, 6.07) is 0. The molecule has 3 nitrogen and oxygen atoms in total. The summed E-state index contributed by atoms with van der Waals surface area (Å²) in [7, 11) is 3.08. The number of methoxy groups -OCH3 is 2. The molecule has 0 aromatic heterocycles. The lowest BCUT2D eigenvalue weighted by molar-refractivity contribution is -0.213. The van der Waals surface area contributed by atoms with Gasteiger partial charge >= 0.3 is 0 Å². The topological polar surface area (TPSA) is 38.7 Å². The molecule has 0 amide bonds. The van der Waals surface area contributed by atoms with E-state index in [4.69, 9.17) is 9.47 Å². The molecule has 0 heterocycles. The summed E-state index contributed by atoms with van der Waals surface area (Å²) in [5, 5.41) is 10.0. The Balaban J connectivity index is 4.18. The highest BCUT2D eigenvalue weighted by atomic mass is 16.7. The summed E-state index contributed by atoms with van der Waals surface area (Å²) in [6.45, 7) is 5.96. The highest BCUT2D eigenvalue weighted by molar-refractivity contribution is 4.78. The van der Waals surface area contributed by atoms with Gasteiger partial charge in [0.05, 0.1) is 0 Å². The summed E-state index contributed by atoms with van der Waals surface area (Å²) < 4.78 is 10.1. The number of ether oxygens (including phenoxy) is 2. The Hall–Kier alpha value is -0.120. The quantitative estimate of drug-likeness (QED) is 0.649. The number of hydrogen-bond donors (Lipinski definition) is 1. The van der Waals surface area contributed by atoms with Gasteiger partial charge in [-0.1, -0.05) is 20.3 Å².